The fraction of sp³-hybridized carbons (Fsp3) is 0.250. The first-order valence-electron chi connectivity index (χ1n) is 5.39. The summed E-state index contributed by atoms with van der Waals surface area (Å²) in [5, 5.41) is 0. The summed E-state index contributed by atoms with van der Waals surface area (Å²) in [7, 11) is -3.92. The molecule has 1 aromatic rings. The molecule has 0 N–H and O–H groups in total. The van der Waals surface area contributed by atoms with Crippen LogP contribution in [0.25, 0.3) is 0 Å². The Bertz CT molecular complexity index is 573. The molecule has 0 unspecified atom stereocenters. The summed E-state index contributed by atoms with van der Waals surface area (Å²) in [5.41, 5.74) is 1.17. The lowest BCUT2D eigenvalue weighted by molar-refractivity contribution is 0.115. The van der Waals surface area contributed by atoms with Gasteiger partial charge in [-0.15, -0.1) is 0 Å². The van der Waals surface area contributed by atoms with Crippen LogP contribution >= 0.6 is 0 Å². The smallest absolute Gasteiger partial charge is 0.428 e. The van der Waals surface area contributed by atoms with E-state index in [0.29, 0.717) is 10.7 Å². The summed E-state index contributed by atoms with van der Waals surface area (Å²) in [4.78, 5) is 11.6. The normalized spacial score (nSPS) is 16.6. The molecule has 1 aromatic carbocycles. The summed E-state index contributed by atoms with van der Waals surface area (Å²) in [5.74, 6) is 0. The third-order valence-corrected chi connectivity index (χ3v) is 4.38. The fourth-order valence-corrected chi connectivity index (χ4v) is 3.00. The maximum absolute atomic E-state index is 12.3. The third kappa shape index (κ3) is 2.11. The van der Waals surface area contributed by atoms with E-state index in [1.54, 1.807) is 12.1 Å². The predicted octanol–water partition coefficient (Wildman–Crippen LogP) is 2.04. The van der Waals surface area contributed by atoms with Crippen molar-refractivity contribution in [2.24, 2.45) is 0 Å². The zero-order valence-corrected chi connectivity index (χ0v) is 10.7. The highest BCUT2D eigenvalue weighted by molar-refractivity contribution is 7.89. The second-order valence-electron chi connectivity index (χ2n) is 4.01. The van der Waals surface area contributed by atoms with Crippen LogP contribution in [0.2, 0.25) is 0 Å². The Morgan fingerprint density at radius 3 is 2.44 bits per heavy atom. The second kappa shape index (κ2) is 4.45. The van der Waals surface area contributed by atoms with E-state index in [2.05, 4.69) is 6.58 Å². The van der Waals surface area contributed by atoms with Gasteiger partial charge in [-0.3, -0.25) is 0 Å². The number of carbonyl (C=O) groups is 1. The van der Waals surface area contributed by atoms with E-state index in [-0.39, 0.29) is 17.2 Å². The topological polar surface area (TPSA) is 63.7 Å². The molecule has 6 heteroatoms. The Hall–Kier alpha value is -1.82. The number of sulfonamides is 1. The summed E-state index contributed by atoms with van der Waals surface area (Å²) < 4.78 is 29.9. The number of benzene rings is 1. The van der Waals surface area contributed by atoms with Crippen molar-refractivity contribution in [1.29, 1.82) is 0 Å². The van der Waals surface area contributed by atoms with Gasteiger partial charge in [0.15, 0.2) is 0 Å². The molecule has 1 fully saturated rings. The number of ether oxygens (including phenoxy) is 1. The molecular formula is C12H13NO4S. The standard InChI is InChI=1S/C12H13NO4S/c1-9-3-5-11(6-4-9)18(15,16)13-10(2)7-8-17-12(13)14/h3-6H,2,7-8H2,1H3. The van der Waals surface area contributed by atoms with Crippen LogP contribution in [0.15, 0.2) is 41.4 Å². The van der Waals surface area contributed by atoms with Gasteiger partial charge in [-0.1, -0.05) is 24.3 Å². The lowest BCUT2D eigenvalue weighted by Crippen LogP contribution is -2.40. The number of cyclic esters (lactones) is 1. The molecule has 1 saturated heterocycles. The zero-order chi connectivity index (χ0) is 13.3. The highest BCUT2D eigenvalue weighted by atomic mass is 32.2. The summed E-state index contributed by atoms with van der Waals surface area (Å²) in [6.45, 7) is 5.62. The Balaban J connectivity index is 2.44. The van der Waals surface area contributed by atoms with Crippen molar-refractivity contribution in [1.82, 2.24) is 4.31 Å². The van der Waals surface area contributed by atoms with E-state index in [0.717, 1.165) is 5.56 Å². The molecule has 1 amide bonds. The lowest BCUT2D eigenvalue weighted by atomic mass is 10.2. The van der Waals surface area contributed by atoms with Gasteiger partial charge in [-0.25, -0.2) is 13.2 Å². The van der Waals surface area contributed by atoms with Gasteiger partial charge in [0, 0.05) is 12.1 Å². The van der Waals surface area contributed by atoms with Gasteiger partial charge >= 0.3 is 6.09 Å². The zero-order valence-electron chi connectivity index (χ0n) is 9.92. The van der Waals surface area contributed by atoms with E-state index in [1.165, 1.54) is 12.1 Å². The molecule has 96 valence electrons. The van der Waals surface area contributed by atoms with E-state index in [4.69, 9.17) is 4.74 Å². The summed E-state index contributed by atoms with van der Waals surface area (Å²) in [6, 6.07) is 6.26. The molecule has 0 aliphatic carbocycles. The molecule has 0 atom stereocenters. The van der Waals surface area contributed by atoms with Crippen molar-refractivity contribution >= 4 is 16.1 Å². The number of nitrogens with zero attached hydrogens (tertiary/aromatic N) is 1. The highest BCUT2D eigenvalue weighted by Crippen LogP contribution is 2.25. The lowest BCUT2D eigenvalue weighted by Gasteiger charge is -2.27. The van der Waals surface area contributed by atoms with E-state index in [9.17, 15) is 13.2 Å². The number of rotatable bonds is 2. The average molecular weight is 267 g/mol. The van der Waals surface area contributed by atoms with Gasteiger partial charge in [0.2, 0.25) is 0 Å². The number of amides is 1. The molecule has 1 aliphatic rings. The second-order valence-corrected chi connectivity index (χ2v) is 5.80. The molecule has 0 bridgehead atoms. The van der Waals surface area contributed by atoms with Gasteiger partial charge in [-0.2, -0.15) is 4.31 Å². The van der Waals surface area contributed by atoms with Crippen molar-refractivity contribution in [3.63, 3.8) is 0 Å². The number of hydrogen-bond acceptors (Lipinski definition) is 4. The van der Waals surface area contributed by atoms with Gasteiger partial charge in [-0.05, 0) is 19.1 Å². The van der Waals surface area contributed by atoms with Crippen LogP contribution in [0.1, 0.15) is 12.0 Å². The van der Waals surface area contributed by atoms with Crippen molar-refractivity contribution in [2.45, 2.75) is 18.2 Å². The van der Waals surface area contributed by atoms with Crippen molar-refractivity contribution in [2.75, 3.05) is 6.61 Å². The van der Waals surface area contributed by atoms with Crippen LogP contribution in [-0.4, -0.2) is 25.4 Å². The molecular weight excluding hydrogens is 254 g/mol. The summed E-state index contributed by atoms with van der Waals surface area (Å²) in [6.07, 6.45) is -0.580. The van der Waals surface area contributed by atoms with Crippen LogP contribution in [0.3, 0.4) is 0 Å². The van der Waals surface area contributed by atoms with Gasteiger partial charge in [0.25, 0.3) is 10.0 Å². The molecule has 0 aromatic heterocycles. The number of aryl methyl sites for hydroxylation is 1. The van der Waals surface area contributed by atoms with Crippen molar-refractivity contribution < 1.29 is 17.9 Å². The van der Waals surface area contributed by atoms with Crippen molar-refractivity contribution in [3.8, 4) is 0 Å². The molecule has 0 spiro atoms. The first kappa shape index (κ1) is 12.6. The Labute approximate surface area is 106 Å². The van der Waals surface area contributed by atoms with Crippen molar-refractivity contribution in [3.05, 3.63) is 42.1 Å². The predicted molar refractivity (Wildman–Crippen MR) is 65.3 cm³/mol. The Morgan fingerprint density at radius 2 is 1.89 bits per heavy atom. The molecule has 1 aliphatic heterocycles. The maximum atomic E-state index is 12.3. The highest BCUT2D eigenvalue weighted by Gasteiger charge is 2.35. The van der Waals surface area contributed by atoms with Crippen LogP contribution in [-0.2, 0) is 14.8 Å². The van der Waals surface area contributed by atoms with Crippen LogP contribution in [0, 0.1) is 6.92 Å². The minimum atomic E-state index is -3.92. The Morgan fingerprint density at radius 1 is 1.28 bits per heavy atom. The quantitative estimate of drug-likeness (QED) is 0.822. The molecule has 0 radical (unpaired) electrons. The van der Waals surface area contributed by atoms with Gasteiger partial charge < -0.3 is 4.74 Å². The largest absolute Gasteiger partial charge is 0.448 e. The molecule has 18 heavy (non-hydrogen) atoms. The van der Waals surface area contributed by atoms with Gasteiger partial charge in [0.1, 0.15) is 0 Å². The van der Waals surface area contributed by atoms with Gasteiger partial charge in [0.05, 0.1) is 11.5 Å². The van der Waals surface area contributed by atoms with Crippen LogP contribution < -0.4 is 0 Å². The SMILES string of the molecule is C=C1CCOC(=O)N1S(=O)(=O)c1ccc(C)cc1. The number of hydrogen-bond donors (Lipinski definition) is 0. The van der Waals surface area contributed by atoms with E-state index in [1.807, 2.05) is 6.92 Å². The third-order valence-electron chi connectivity index (χ3n) is 2.63. The van der Waals surface area contributed by atoms with E-state index >= 15 is 0 Å². The molecule has 0 saturated carbocycles. The molecule has 2 rings (SSSR count). The first-order valence-corrected chi connectivity index (χ1v) is 6.83. The number of carbonyl (C=O) groups excluding carboxylic acids is 1. The Kier molecular flexibility index (Phi) is 3.13. The maximum Gasteiger partial charge on any atom is 0.428 e. The average Bonchev–Trinajstić information content (AvgIpc) is 2.29. The van der Waals surface area contributed by atoms with E-state index < -0.39 is 16.1 Å². The minimum Gasteiger partial charge on any atom is -0.448 e. The monoisotopic (exact) mass is 267 g/mol. The molecule has 1 heterocycles. The molecule has 5 nitrogen and oxygen atoms in total. The van der Waals surface area contributed by atoms with Crippen LogP contribution in [0.4, 0.5) is 4.79 Å². The fourth-order valence-electron chi connectivity index (χ4n) is 1.63. The minimum absolute atomic E-state index is 0.0492. The first-order chi connectivity index (χ1) is 8.43. The summed E-state index contributed by atoms with van der Waals surface area (Å²) >= 11 is 0. The van der Waals surface area contributed by atoms with Crippen LogP contribution in [0.5, 0.6) is 0 Å².